The van der Waals surface area contributed by atoms with Crippen LogP contribution in [-0.2, 0) is 52.9 Å². The zero-order valence-corrected chi connectivity index (χ0v) is 17.8. The molecule has 0 spiro atoms. The highest BCUT2D eigenvalue weighted by Gasteiger charge is 2.62. The SMILES string of the molecule is CC(=O)OCC1(Br)OC(S(N)(=O)=O)C(OC(C)=O)C(OC(C)=O)C1OC(C)=O. The summed E-state index contributed by atoms with van der Waals surface area (Å²) in [7, 11) is -4.55. The summed E-state index contributed by atoms with van der Waals surface area (Å²) in [6.07, 6.45) is -5.00. The topological polar surface area (TPSA) is 175 Å². The van der Waals surface area contributed by atoms with E-state index in [-0.39, 0.29) is 0 Å². The van der Waals surface area contributed by atoms with Gasteiger partial charge in [0.1, 0.15) is 6.61 Å². The van der Waals surface area contributed by atoms with Gasteiger partial charge in [-0.25, -0.2) is 13.6 Å². The summed E-state index contributed by atoms with van der Waals surface area (Å²) >= 11 is 3.05. The van der Waals surface area contributed by atoms with E-state index in [1.807, 2.05) is 0 Å². The normalized spacial score (nSPS) is 30.1. The molecule has 5 unspecified atom stereocenters. The molecule has 12 nitrogen and oxygen atoms in total. The fraction of sp³-hybridized carbons (Fsp3) is 0.714. The molecule has 0 amide bonds. The van der Waals surface area contributed by atoms with E-state index < -0.39 is 68.8 Å². The van der Waals surface area contributed by atoms with E-state index in [9.17, 15) is 27.6 Å². The van der Waals surface area contributed by atoms with Crippen molar-refractivity contribution in [3.05, 3.63) is 0 Å². The number of ether oxygens (including phenoxy) is 5. The number of halogens is 1. The number of primary sulfonamides is 1. The molecule has 1 fully saturated rings. The second-order valence-corrected chi connectivity index (χ2v) is 8.80. The Labute approximate surface area is 169 Å². The first-order chi connectivity index (χ1) is 12.7. The van der Waals surface area contributed by atoms with Crippen molar-refractivity contribution in [2.75, 3.05) is 6.61 Å². The summed E-state index contributed by atoms with van der Waals surface area (Å²) in [6, 6.07) is 0. The third-order valence-electron chi connectivity index (χ3n) is 3.32. The summed E-state index contributed by atoms with van der Waals surface area (Å²) in [5.74, 6) is -3.48. The van der Waals surface area contributed by atoms with Crippen LogP contribution in [0.2, 0.25) is 0 Å². The maximum Gasteiger partial charge on any atom is 0.303 e. The Morgan fingerprint density at radius 2 is 1.39 bits per heavy atom. The molecular weight excluding hydrogens is 470 g/mol. The quantitative estimate of drug-likeness (QED) is 0.277. The zero-order valence-electron chi connectivity index (χ0n) is 15.4. The van der Waals surface area contributed by atoms with Crippen LogP contribution in [0.5, 0.6) is 0 Å². The van der Waals surface area contributed by atoms with E-state index in [1.54, 1.807) is 0 Å². The lowest BCUT2D eigenvalue weighted by Crippen LogP contribution is -2.68. The van der Waals surface area contributed by atoms with Gasteiger partial charge in [0.05, 0.1) is 0 Å². The van der Waals surface area contributed by atoms with E-state index in [4.69, 9.17) is 28.8 Å². The van der Waals surface area contributed by atoms with Gasteiger partial charge < -0.3 is 23.7 Å². The first-order valence-corrected chi connectivity index (χ1v) is 10.1. The van der Waals surface area contributed by atoms with Crippen LogP contribution < -0.4 is 5.14 Å². The highest BCUT2D eigenvalue weighted by molar-refractivity contribution is 9.10. The Balaban J connectivity index is 3.56. The molecule has 0 saturated carbocycles. The van der Waals surface area contributed by atoms with Gasteiger partial charge in [-0.15, -0.1) is 0 Å². The smallest absolute Gasteiger partial charge is 0.303 e. The Kier molecular flexibility index (Phi) is 7.93. The second-order valence-electron chi connectivity index (χ2n) is 5.82. The van der Waals surface area contributed by atoms with E-state index in [0.29, 0.717) is 0 Å². The summed E-state index contributed by atoms with van der Waals surface area (Å²) in [5, 5.41) is 5.17. The predicted octanol–water partition coefficient (Wildman–Crippen LogP) is -0.919. The standard InChI is InChI=1S/C14H20BrNO11S/c1-6(17)23-5-14(15)12(26-9(4)20)10(24-7(2)18)11(25-8(3)19)13(27-14)28(16,21)22/h10-13H,5H2,1-4H3,(H2,16,21,22). The van der Waals surface area contributed by atoms with Crippen LogP contribution in [0, 0.1) is 0 Å². The Morgan fingerprint density at radius 1 is 0.929 bits per heavy atom. The lowest BCUT2D eigenvalue weighted by molar-refractivity contribution is -0.246. The number of hydrogen-bond donors (Lipinski definition) is 1. The number of sulfonamides is 1. The molecule has 0 aromatic heterocycles. The maximum absolute atomic E-state index is 12.0. The Bertz CT molecular complexity index is 754. The second kappa shape index (κ2) is 9.15. The molecule has 1 heterocycles. The summed E-state index contributed by atoms with van der Waals surface area (Å²) in [6.45, 7) is 3.41. The molecule has 1 aliphatic heterocycles. The Hall–Kier alpha value is -1.77. The average Bonchev–Trinajstić information content (AvgIpc) is 2.49. The van der Waals surface area contributed by atoms with Crippen molar-refractivity contribution >= 4 is 49.8 Å². The van der Waals surface area contributed by atoms with Crippen LogP contribution in [0.1, 0.15) is 27.7 Å². The van der Waals surface area contributed by atoms with Crippen LogP contribution in [0.3, 0.4) is 0 Å². The highest BCUT2D eigenvalue weighted by Crippen LogP contribution is 2.41. The van der Waals surface area contributed by atoms with Crippen molar-refractivity contribution < 1.29 is 51.3 Å². The van der Waals surface area contributed by atoms with Crippen molar-refractivity contribution in [1.82, 2.24) is 0 Å². The van der Waals surface area contributed by atoms with E-state index in [2.05, 4.69) is 15.9 Å². The highest BCUT2D eigenvalue weighted by atomic mass is 79.9. The van der Waals surface area contributed by atoms with Gasteiger partial charge in [0, 0.05) is 27.7 Å². The molecule has 2 N–H and O–H groups in total. The van der Waals surface area contributed by atoms with Crippen LogP contribution in [-0.4, -0.2) is 67.2 Å². The van der Waals surface area contributed by atoms with Gasteiger partial charge in [-0.3, -0.25) is 19.2 Å². The number of alkyl halides is 1. The molecule has 0 bridgehead atoms. The van der Waals surface area contributed by atoms with E-state index >= 15 is 0 Å². The zero-order chi connectivity index (χ0) is 21.9. The number of carbonyl (C=O) groups is 4. The molecule has 0 aliphatic carbocycles. The number of hydrogen-bond acceptors (Lipinski definition) is 11. The van der Waals surface area contributed by atoms with Gasteiger partial charge in [-0.05, 0) is 15.9 Å². The summed E-state index contributed by atoms with van der Waals surface area (Å²) in [5.41, 5.74) is -2.04. The fourth-order valence-electron chi connectivity index (χ4n) is 2.44. The van der Waals surface area contributed by atoms with Gasteiger partial charge in [0.15, 0.2) is 22.8 Å². The van der Waals surface area contributed by atoms with Crippen LogP contribution in [0.25, 0.3) is 0 Å². The van der Waals surface area contributed by atoms with E-state index in [1.165, 1.54) is 0 Å². The number of rotatable bonds is 6. The molecule has 28 heavy (non-hydrogen) atoms. The Morgan fingerprint density at radius 3 is 1.79 bits per heavy atom. The van der Waals surface area contributed by atoms with Crippen molar-refractivity contribution in [3.63, 3.8) is 0 Å². The van der Waals surface area contributed by atoms with Crippen molar-refractivity contribution in [1.29, 1.82) is 0 Å². The third kappa shape index (κ3) is 6.39. The van der Waals surface area contributed by atoms with Gasteiger partial charge in [0.2, 0.25) is 15.5 Å². The first kappa shape index (κ1) is 24.3. The number of esters is 4. The van der Waals surface area contributed by atoms with Crippen molar-refractivity contribution in [2.24, 2.45) is 5.14 Å². The van der Waals surface area contributed by atoms with Crippen LogP contribution >= 0.6 is 15.9 Å². The van der Waals surface area contributed by atoms with Gasteiger partial charge in [-0.1, -0.05) is 0 Å². The van der Waals surface area contributed by atoms with Crippen molar-refractivity contribution in [3.8, 4) is 0 Å². The van der Waals surface area contributed by atoms with Gasteiger partial charge >= 0.3 is 23.9 Å². The molecule has 1 saturated heterocycles. The lowest BCUT2D eigenvalue weighted by Gasteiger charge is -2.47. The maximum atomic E-state index is 12.0. The minimum Gasteiger partial charge on any atom is -0.462 e. The molecule has 1 aliphatic rings. The van der Waals surface area contributed by atoms with Crippen molar-refractivity contribution in [2.45, 2.75) is 56.0 Å². The average molecular weight is 490 g/mol. The monoisotopic (exact) mass is 489 g/mol. The number of nitrogens with two attached hydrogens (primary N) is 1. The molecular formula is C14H20BrNO11S. The molecule has 14 heteroatoms. The third-order valence-corrected chi connectivity index (χ3v) is 5.20. The fourth-order valence-corrected chi connectivity index (χ4v) is 4.12. The molecule has 0 radical (unpaired) electrons. The minimum atomic E-state index is -4.55. The predicted molar refractivity (Wildman–Crippen MR) is 92.9 cm³/mol. The lowest BCUT2D eigenvalue weighted by atomic mass is 9.99. The minimum absolute atomic E-state index is 0.656. The molecule has 160 valence electrons. The van der Waals surface area contributed by atoms with E-state index in [0.717, 1.165) is 27.7 Å². The molecule has 5 atom stereocenters. The van der Waals surface area contributed by atoms with Crippen LogP contribution in [0.4, 0.5) is 0 Å². The molecule has 1 rings (SSSR count). The van der Waals surface area contributed by atoms with Gasteiger partial charge in [0.25, 0.3) is 0 Å². The van der Waals surface area contributed by atoms with Gasteiger partial charge in [-0.2, -0.15) is 0 Å². The van der Waals surface area contributed by atoms with Crippen LogP contribution in [0.15, 0.2) is 0 Å². The molecule has 0 aromatic rings. The first-order valence-electron chi connectivity index (χ1n) is 7.70. The summed E-state index contributed by atoms with van der Waals surface area (Å²) < 4.78 is 47.5. The molecule has 0 aromatic carbocycles. The summed E-state index contributed by atoms with van der Waals surface area (Å²) in [4.78, 5) is 45.8. The largest absolute Gasteiger partial charge is 0.462 e. The number of carbonyl (C=O) groups excluding carboxylic acids is 4.